The third-order valence-corrected chi connectivity index (χ3v) is 4.76. The van der Waals surface area contributed by atoms with E-state index in [4.69, 9.17) is 17.0 Å². The molecule has 22 heavy (non-hydrogen) atoms. The Morgan fingerprint density at radius 3 is 2.32 bits per heavy atom. The predicted molar refractivity (Wildman–Crippen MR) is 90.2 cm³/mol. The number of benzene rings is 2. The molecule has 116 valence electrons. The third kappa shape index (κ3) is 4.37. The van der Waals surface area contributed by atoms with Gasteiger partial charge < -0.3 is 4.74 Å². The second-order valence-corrected chi connectivity index (χ2v) is 6.69. The molecule has 0 aromatic heterocycles. The molecule has 0 atom stereocenters. The fraction of sp³-hybridized carbons (Fsp3) is 0.188. The molecule has 0 fully saturated rings. The van der Waals surface area contributed by atoms with Crippen LogP contribution < -0.4 is 4.72 Å². The quantitative estimate of drug-likeness (QED) is 0.825. The summed E-state index contributed by atoms with van der Waals surface area (Å²) in [6, 6.07) is 15.7. The molecule has 0 heterocycles. The van der Waals surface area contributed by atoms with Gasteiger partial charge in [0.15, 0.2) is 5.05 Å². The van der Waals surface area contributed by atoms with Gasteiger partial charge in [0.1, 0.15) is 0 Å². The van der Waals surface area contributed by atoms with Gasteiger partial charge in [-0.25, -0.2) is 13.1 Å². The van der Waals surface area contributed by atoms with Crippen LogP contribution in [0, 0.1) is 0 Å². The molecule has 2 aromatic rings. The Bertz CT molecular complexity index is 726. The Balaban J connectivity index is 2.08. The van der Waals surface area contributed by atoms with Crippen molar-refractivity contribution < 1.29 is 13.2 Å². The van der Waals surface area contributed by atoms with Gasteiger partial charge in [0.05, 0.1) is 11.5 Å². The Hall–Kier alpha value is -1.76. The molecule has 4 nitrogen and oxygen atoms in total. The molecule has 1 N–H and O–H groups in total. The maximum atomic E-state index is 12.2. The van der Waals surface area contributed by atoms with E-state index in [1.54, 1.807) is 12.1 Å². The summed E-state index contributed by atoms with van der Waals surface area (Å²) in [5.41, 5.74) is 1.60. The van der Waals surface area contributed by atoms with Gasteiger partial charge in [-0.05, 0) is 49.0 Å². The molecule has 0 amide bonds. The van der Waals surface area contributed by atoms with E-state index in [1.807, 2.05) is 37.3 Å². The molecule has 6 heteroatoms. The summed E-state index contributed by atoms with van der Waals surface area (Å²) in [4.78, 5) is 0.200. The summed E-state index contributed by atoms with van der Waals surface area (Å²) in [5, 5.41) is 0.365. The average Bonchev–Trinajstić information content (AvgIpc) is 2.54. The molecule has 0 aliphatic rings. The van der Waals surface area contributed by atoms with Gasteiger partial charge in [-0.2, -0.15) is 0 Å². The molecule has 0 bridgehead atoms. The number of hydrogen-bond donors (Lipinski definition) is 1. The van der Waals surface area contributed by atoms with E-state index in [2.05, 4.69) is 4.72 Å². The van der Waals surface area contributed by atoms with Gasteiger partial charge in [-0.1, -0.05) is 30.3 Å². The average molecular weight is 335 g/mol. The number of hydrogen-bond acceptors (Lipinski definition) is 4. The monoisotopic (exact) mass is 335 g/mol. The molecule has 0 saturated carbocycles. The normalized spacial score (nSPS) is 11.1. The summed E-state index contributed by atoms with van der Waals surface area (Å²) in [5.74, 6) is 0. The molecular weight excluding hydrogens is 318 g/mol. The molecule has 0 saturated heterocycles. The van der Waals surface area contributed by atoms with Crippen LogP contribution in [0.25, 0.3) is 0 Å². The maximum Gasteiger partial charge on any atom is 0.240 e. The summed E-state index contributed by atoms with van der Waals surface area (Å²) in [6.07, 6.45) is 0. The standard InChI is InChI=1S/C16H17NO3S2/c1-2-20-16(21)14-8-10-15(11-9-14)22(18,19)17-12-13-6-4-3-5-7-13/h3-11,17H,2,12H2,1H3. The largest absolute Gasteiger partial charge is 0.483 e. The van der Waals surface area contributed by atoms with E-state index in [1.165, 1.54) is 12.1 Å². The van der Waals surface area contributed by atoms with Crippen molar-refractivity contribution in [3.05, 3.63) is 65.7 Å². The van der Waals surface area contributed by atoms with Crippen molar-refractivity contribution in [3.63, 3.8) is 0 Å². The van der Waals surface area contributed by atoms with Crippen LogP contribution in [-0.4, -0.2) is 20.1 Å². The highest BCUT2D eigenvalue weighted by atomic mass is 32.2. The highest BCUT2D eigenvalue weighted by molar-refractivity contribution is 7.89. The first-order chi connectivity index (χ1) is 10.5. The summed E-state index contributed by atoms with van der Waals surface area (Å²) >= 11 is 5.08. The molecule has 0 radical (unpaired) electrons. The molecule has 0 aliphatic carbocycles. The van der Waals surface area contributed by atoms with E-state index in [0.29, 0.717) is 17.2 Å². The van der Waals surface area contributed by atoms with Crippen molar-refractivity contribution >= 4 is 27.3 Å². The molecule has 0 unspecified atom stereocenters. The lowest BCUT2D eigenvalue weighted by atomic mass is 10.2. The van der Waals surface area contributed by atoms with E-state index in [-0.39, 0.29) is 11.4 Å². The second kappa shape index (κ2) is 7.49. The summed E-state index contributed by atoms with van der Waals surface area (Å²) in [7, 11) is -3.55. The van der Waals surface area contributed by atoms with Crippen LogP contribution in [0.3, 0.4) is 0 Å². The zero-order chi connectivity index (χ0) is 16.0. The van der Waals surface area contributed by atoms with Crippen LogP contribution in [0.1, 0.15) is 18.1 Å². The first-order valence-electron chi connectivity index (χ1n) is 6.83. The van der Waals surface area contributed by atoms with Gasteiger partial charge in [-0.15, -0.1) is 0 Å². The summed E-state index contributed by atoms with van der Waals surface area (Å²) < 4.78 is 32.3. The van der Waals surface area contributed by atoms with E-state index in [9.17, 15) is 8.42 Å². The lowest BCUT2D eigenvalue weighted by Crippen LogP contribution is -2.23. The fourth-order valence-electron chi connectivity index (χ4n) is 1.84. The number of nitrogens with one attached hydrogen (secondary N) is 1. The van der Waals surface area contributed by atoms with Crippen molar-refractivity contribution in [1.29, 1.82) is 0 Å². The van der Waals surface area contributed by atoms with E-state index < -0.39 is 10.0 Å². The van der Waals surface area contributed by atoms with Gasteiger partial charge in [0.25, 0.3) is 0 Å². The van der Waals surface area contributed by atoms with Crippen LogP contribution in [-0.2, 0) is 21.3 Å². The predicted octanol–water partition coefficient (Wildman–Crippen LogP) is 2.88. The number of sulfonamides is 1. The molecule has 0 aliphatic heterocycles. The van der Waals surface area contributed by atoms with Crippen LogP contribution in [0.5, 0.6) is 0 Å². The Morgan fingerprint density at radius 2 is 1.73 bits per heavy atom. The number of thiocarbonyl (C=S) groups is 1. The Kier molecular flexibility index (Phi) is 5.65. The lowest BCUT2D eigenvalue weighted by Gasteiger charge is -2.08. The van der Waals surface area contributed by atoms with Gasteiger partial charge >= 0.3 is 0 Å². The van der Waals surface area contributed by atoms with Crippen molar-refractivity contribution in [2.24, 2.45) is 0 Å². The lowest BCUT2D eigenvalue weighted by molar-refractivity contribution is 0.337. The topological polar surface area (TPSA) is 55.4 Å². The van der Waals surface area contributed by atoms with E-state index in [0.717, 1.165) is 5.56 Å². The van der Waals surface area contributed by atoms with Crippen molar-refractivity contribution in [2.75, 3.05) is 6.61 Å². The third-order valence-electron chi connectivity index (χ3n) is 2.98. The van der Waals surface area contributed by atoms with Crippen LogP contribution >= 0.6 is 12.2 Å². The Morgan fingerprint density at radius 1 is 1.09 bits per heavy atom. The minimum absolute atomic E-state index is 0.200. The van der Waals surface area contributed by atoms with Crippen LogP contribution in [0.15, 0.2) is 59.5 Å². The molecule has 0 spiro atoms. The molecular formula is C16H17NO3S2. The fourth-order valence-corrected chi connectivity index (χ4v) is 3.11. The van der Waals surface area contributed by atoms with Crippen molar-refractivity contribution in [3.8, 4) is 0 Å². The van der Waals surface area contributed by atoms with Crippen molar-refractivity contribution in [1.82, 2.24) is 4.72 Å². The molecule has 2 rings (SSSR count). The summed E-state index contributed by atoms with van der Waals surface area (Å²) in [6.45, 7) is 2.58. The maximum absolute atomic E-state index is 12.2. The van der Waals surface area contributed by atoms with Crippen LogP contribution in [0.4, 0.5) is 0 Å². The Labute approximate surface area is 136 Å². The van der Waals surface area contributed by atoms with Crippen molar-refractivity contribution in [2.45, 2.75) is 18.4 Å². The first kappa shape index (κ1) is 16.6. The van der Waals surface area contributed by atoms with Gasteiger partial charge in [-0.3, -0.25) is 0 Å². The minimum Gasteiger partial charge on any atom is -0.483 e. The zero-order valence-electron chi connectivity index (χ0n) is 12.2. The SMILES string of the molecule is CCOC(=S)c1ccc(S(=O)(=O)NCc2ccccc2)cc1. The highest BCUT2D eigenvalue weighted by Gasteiger charge is 2.14. The van der Waals surface area contributed by atoms with Crippen LogP contribution in [0.2, 0.25) is 0 Å². The molecule has 2 aromatic carbocycles. The smallest absolute Gasteiger partial charge is 0.240 e. The number of ether oxygens (including phenoxy) is 1. The highest BCUT2D eigenvalue weighted by Crippen LogP contribution is 2.12. The van der Waals surface area contributed by atoms with E-state index >= 15 is 0 Å². The van der Waals surface area contributed by atoms with Gasteiger partial charge in [0.2, 0.25) is 10.0 Å². The van der Waals surface area contributed by atoms with Gasteiger partial charge in [0, 0.05) is 12.1 Å². The first-order valence-corrected chi connectivity index (χ1v) is 8.73. The second-order valence-electron chi connectivity index (χ2n) is 4.55. The zero-order valence-corrected chi connectivity index (χ0v) is 13.8. The number of rotatable bonds is 6. The minimum atomic E-state index is -3.55.